The first-order valence-corrected chi connectivity index (χ1v) is 9.54. The van der Waals surface area contributed by atoms with Crippen LogP contribution in [0.25, 0.3) is 11.8 Å². The molecule has 0 aliphatic carbocycles. The zero-order valence-corrected chi connectivity index (χ0v) is 16.7. The van der Waals surface area contributed by atoms with Crippen molar-refractivity contribution in [2.45, 2.75) is 13.8 Å². The van der Waals surface area contributed by atoms with Crippen LogP contribution in [0, 0.1) is 13.8 Å². The Bertz CT molecular complexity index is 1130. The quantitative estimate of drug-likeness (QED) is 0.660. The molecule has 3 aromatic rings. The van der Waals surface area contributed by atoms with Gasteiger partial charge in [0, 0.05) is 5.56 Å². The average molecular weight is 403 g/mol. The van der Waals surface area contributed by atoms with Crippen molar-refractivity contribution in [3.63, 3.8) is 0 Å². The Morgan fingerprint density at radius 1 is 1.10 bits per heavy atom. The molecule has 7 nitrogen and oxygen atoms in total. The molecule has 0 atom stereocenters. The van der Waals surface area contributed by atoms with E-state index in [0.29, 0.717) is 22.7 Å². The molecule has 1 aliphatic heterocycles. The fourth-order valence-corrected chi connectivity index (χ4v) is 3.28. The molecular weight excluding hydrogens is 382 g/mol. The minimum Gasteiger partial charge on any atom is -0.488 e. The first kappa shape index (κ1) is 19.4. The lowest BCUT2D eigenvalue weighted by Gasteiger charge is -2.16. The lowest BCUT2D eigenvalue weighted by atomic mass is 10.1. The molecule has 0 unspecified atom stereocenters. The van der Waals surface area contributed by atoms with Crippen LogP contribution in [-0.4, -0.2) is 34.9 Å². The Morgan fingerprint density at radius 2 is 1.83 bits per heavy atom. The van der Waals surface area contributed by atoms with Crippen molar-refractivity contribution in [2.24, 2.45) is 0 Å². The van der Waals surface area contributed by atoms with E-state index < -0.39 is 18.5 Å². The maximum atomic E-state index is 12.4. The van der Waals surface area contributed by atoms with Crippen molar-refractivity contribution in [3.05, 3.63) is 77.1 Å². The number of aryl methyl sites for hydroxylation is 1. The van der Waals surface area contributed by atoms with E-state index in [1.807, 2.05) is 68.4 Å². The summed E-state index contributed by atoms with van der Waals surface area (Å²) in [4.78, 5) is 24.7. The van der Waals surface area contributed by atoms with Crippen molar-refractivity contribution in [1.29, 1.82) is 0 Å². The van der Waals surface area contributed by atoms with Crippen LogP contribution < -0.4 is 10.1 Å². The molecule has 0 radical (unpaired) electrons. The molecule has 2 heterocycles. The number of para-hydroxylation sites is 2. The van der Waals surface area contributed by atoms with Crippen LogP contribution in [0.4, 0.5) is 5.69 Å². The van der Waals surface area contributed by atoms with E-state index >= 15 is 0 Å². The Labute approximate surface area is 173 Å². The number of fused-ring (bicyclic) bond motifs is 1. The van der Waals surface area contributed by atoms with Crippen molar-refractivity contribution >= 4 is 23.6 Å². The van der Waals surface area contributed by atoms with Crippen LogP contribution in [0.15, 0.2) is 60.2 Å². The van der Waals surface area contributed by atoms with Gasteiger partial charge in [-0.3, -0.25) is 4.79 Å². The number of aromatic nitrogens is 2. The second-order valence-electron chi connectivity index (χ2n) is 6.91. The third kappa shape index (κ3) is 3.96. The van der Waals surface area contributed by atoms with Gasteiger partial charge in [-0.1, -0.05) is 36.4 Å². The summed E-state index contributed by atoms with van der Waals surface area (Å²) < 4.78 is 12.5. The van der Waals surface area contributed by atoms with Gasteiger partial charge in [-0.05, 0) is 38.1 Å². The number of amides is 1. The number of benzene rings is 2. The fourth-order valence-electron chi connectivity index (χ4n) is 3.28. The summed E-state index contributed by atoms with van der Waals surface area (Å²) in [5.41, 5.74) is 4.14. The van der Waals surface area contributed by atoms with Gasteiger partial charge in [0.05, 0.1) is 28.3 Å². The number of carbonyl (C=O) groups excluding carboxylic acids is 2. The highest BCUT2D eigenvalue weighted by molar-refractivity contribution is 5.98. The average Bonchev–Trinajstić information content (AvgIpc) is 3.06. The fraction of sp³-hybridized carbons (Fsp3) is 0.174. The molecule has 0 bridgehead atoms. The predicted octanol–water partition coefficient (Wildman–Crippen LogP) is 3.45. The number of anilines is 1. The maximum Gasteiger partial charge on any atom is 0.338 e. The van der Waals surface area contributed by atoms with E-state index in [4.69, 9.17) is 9.47 Å². The molecule has 1 amide bonds. The van der Waals surface area contributed by atoms with Crippen LogP contribution in [-0.2, 0) is 14.3 Å². The van der Waals surface area contributed by atoms with Crippen LogP contribution in [0.3, 0.4) is 0 Å². The summed E-state index contributed by atoms with van der Waals surface area (Å²) >= 11 is 0. The molecule has 30 heavy (non-hydrogen) atoms. The summed E-state index contributed by atoms with van der Waals surface area (Å²) in [7, 11) is 0. The summed E-state index contributed by atoms with van der Waals surface area (Å²) in [6.07, 6.45) is 1.72. The van der Waals surface area contributed by atoms with Gasteiger partial charge in [0.25, 0.3) is 5.91 Å². The van der Waals surface area contributed by atoms with Crippen molar-refractivity contribution in [2.75, 3.05) is 18.5 Å². The molecule has 0 saturated heterocycles. The third-order valence-electron chi connectivity index (χ3n) is 4.78. The minimum absolute atomic E-state index is 0.111. The summed E-state index contributed by atoms with van der Waals surface area (Å²) in [5.74, 6) is -0.291. The predicted molar refractivity (Wildman–Crippen MR) is 113 cm³/mol. The Hall–Kier alpha value is -3.87. The van der Waals surface area contributed by atoms with E-state index in [9.17, 15) is 9.59 Å². The largest absolute Gasteiger partial charge is 0.488 e. The van der Waals surface area contributed by atoms with Crippen molar-refractivity contribution < 1.29 is 19.1 Å². The number of hydrogen-bond donors (Lipinski definition) is 1. The molecule has 0 spiro atoms. The summed E-state index contributed by atoms with van der Waals surface area (Å²) in [5, 5.41) is 7.28. The zero-order valence-electron chi connectivity index (χ0n) is 16.7. The second kappa shape index (κ2) is 8.24. The highest BCUT2D eigenvalue weighted by Crippen LogP contribution is 2.26. The number of esters is 1. The minimum atomic E-state index is -0.576. The van der Waals surface area contributed by atoms with Gasteiger partial charge in [-0.2, -0.15) is 5.10 Å². The highest BCUT2D eigenvalue weighted by Gasteiger charge is 2.20. The van der Waals surface area contributed by atoms with Gasteiger partial charge in [-0.15, -0.1) is 0 Å². The highest BCUT2D eigenvalue weighted by atomic mass is 16.5. The van der Waals surface area contributed by atoms with Crippen LogP contribution >= 0.6 is 0 Å². The normalized spacial score (nSPS) is 12.4. The molecule has 152 valence electrons. The van der Waals surface area contributed by atoms with Crippen molar-refractivity contribution in [3.8, 4) is 11.4 Å². The van der Waals surface area contributed by atoms with Crippen LogP contribution in [0.2, 0.25) is 0 Å². The number of nitrogens with one attached hydrogen (secondary N) is 1. The topological polar surface area (TPSA) is 82.5 Å². The molecule has 7 heteroatoms. The molecular formula is C23H21N3O4. The number of ether oxygens (including phenoxy) is 2. The number of nitrogens with zero attached hydrogens (tertiary/aromatic N) is 2. The monoisotopic (exact) mass is 403 g/mol. The van der Waals surface area contributed by atoms with Crippen LogP contribution in [0.1, 0.15) is 17.0 Å². The van der Waals surface area contributed by atoms with Gasteiger partial charge < -0.3 is 14.8 Å². The molecule has 2 aromatic carbocycles. The van der Waals surface area contributed by atoms with E-state index in [2.05, 4.69) is 10.4 Å². The van der Waals surface area contributed by atoms with Crippen LogP contribution in [0.5, 0.6) is 5.75 Å². The Balaban J connectivity index is 1.40. The molecule has 0 fully saturated rings. The van der Waals surface area contributed by atoms with Crippen molar-refractivity contribution in [1.82, 2.24) is 9.78 Å². The maximum absolute atomic E-state index is 12.4. The lowest BCUT2D eigenvalue weighted by molar-refractivity contribution is -0.143. The first-order valence-electron chi connectivity index (χ1n) is 9.54. The third-order valence-corrected chi connectivity index (χ3v) is 4.78. The molecule has 4 rings (SSSR count). The van der Waals surface area contributed by atoms with Gasteiger partial charge in [-0.25, -0.2) is 9.48 Å². The Morgan fingerprint density at radius 3 is 2.63 bits per heavy atom. The second-order valence-corrected chi connectivity index (χ2v) is 6.91. The van der Waals surface area contributed by atoms with Gasteiger partial charge in [0.1, 0.15) is 12.4 Å². The van der Waals surface area contributed by atoms with Gasteiger partial charge >= 0.3 is 5.97 Å². The summed E-state index contributed by atoms with van der Waals surface area (Å²) in [6, 6.07) is 17.1. The van der Waals surface area contributed by atoms with E-state index in [0.717, 1.165) is 16.9 Å². The summed E-state index contributed by atoms with van der Waals surface area (Å²) in [6.45, 7) is 3.40. The standard InChI is InChI=1S/C23H21N3O4/c1-15-22(16(2)26(25-15)19-9-4-3-5-10-19)24-21(27)14-30-23(28)18-12-17-8-6-7-11-20(17)29-13-18/h3-12H,13-14H2,1-2H3,(H,24,27). The van der Waals surface area contributed by atoms with E-state index in [-0.39, 0.29) is 6.61 Å². The smallest absolute Gasteiger partial charge is 0.338 e. The molecule has 1 N–H and O–H groups in total. The SMILES string of the molecule is Cc1nn(-c2ccccc2)c(C)c1NC(=O)COC(=O)C1=Cc2ccccc2OC1. The number of rotatable bonds is 5. The molecule has 0 saturated carbocycles. The van der Waals surface area contributed by atoms with Gasteiger partial charge in [0.2, 0.25) is 0 Å². The number of hydrogen-bond acceptors (Lipinski definition) is 5. The van der Waals surface area contributed by atoms with Gasteiger partial charge in [0.15, 0.2) is 6.61 Å². The Kier molecular flexibility index (Phi) is 5.34. The molecule has 1 aliphatic rings. The zero-order chi connectivity index (χ0) is 21.1. The first-order chi connectivity index (χ1) is 14.5. The van der Waals surface area contributed by atoms with E-state index in [1.165, 1.54) is 0 Å². The lowest BCUT2D eigenvalue weighted by Crippen LogP contribution is -2.24. The molecule has 1 aromatic heterocycles. The van der Waals surface area contributed by atoms with E-state index in [1.54, 1.807) is 10.8 Å². The number of carbonyl (C=O) groups is 2.